The van der Waals surface area contributed by atoms with E-state index in [2.05, 4.69) is 33.4 Å². The molecular weight excluding hydrogens is 492 g/mol. The molecule has 0 radical (unpaired) electrons. The van der Waals surface area contributed by atoms with E-state index in [9.17, 15) is 13.2 Å². The van der Waals surface area contributed by atoms with Crippen molar-refractivity contribution in [2.45, 2.75) is 56.6 Å². The predicted molar refractivity (Wildman–Crippen MR) is 140 cm³/mol. The van der Waals surface area contributed by atoms with Gasteiger partial charge >= 0.3 is 0 Å². The molecule has 2 atom stereocenters. The van der Waals surface area contributed by atoms with Crippen molar-refractivity contribution in [3.63, 3.8) is 0 Å². The minimum atomic E-state index is -4.23. The summed E-state index contributed by atoms with van der Waals surface area (Å²) in [4.78, 5) is 28.4. The number of aromatic nitrogens is 3. The van der Waals surface area contributed by atoms with E-state index in [-0.39, 0.29) is 28.5 Å². The van der Waals surface area contributed by atoms with Crippen molar-refractivity contribution < 1.29 is 17.9 Å². The van der Waals surface area contributed by atoms with Crippen LogP contribution < -0.4 is 20.1 Å². The third-order valence-corrected chi connectivity index (χ3v) is 7.99. The molecule has 1 amide bonds. The number of anilines is 2. The molecule has 11 heteroatoms. The van der Waals surface area contributed by atoms with Crippen LogP contribution in [0.1, 0.15) is 49.9 Å². The van der Waals surface area contributed by atoms with Gasteiger partial charge in [-0.05, 0) is 75.8 Å². The van der Waals surface area contributed by atoms with Crippen LogP contribution in [0.3, 0.4) is 0 Å². The van der Waals surface area contributed by atoms with Crippen molar-refractivity contribution in [2.75, 3.05) is 17.2 Å². The second-order valence-corrected chi connectivity index (χ2v) is 11.4. The molecule has 0 spiro atoms. The second-order valence-electron chi connectivity index (χ2n) is 9.73. The molecule has 1 saturated heterocycles. The quantitative estimate of drug-likeness (QED) is 0.455. The Hall–Kier alpha value is -3.73. The van der Waals surface area contributed by atoms with Gasteiger partial charge in [0.05, 0.1) is 17.9 Å². The van der Waals surface area contributed by atoms with Gasteiger partial charge in [-0.3, -0.25) is 4.79 Å². The average molecular weight is 523 g/mol. The molecule has 5 rings (SSSR count). The van der Waals surface area contributed by atoms with Crippen LogP contribution in [0.4, 0.5) is 11.6 Å². The predicted octanol–water partition coefficient (Wildman–Crippen LogP) is 3.41. The summed E-state index contributed by atoms with van der Waals surface area (Å²) in [5, 5.41) is -0.329. The summed E-state index contributed by atoms with van der Waals surface area (Å²) in [5.41, 5.74) is 7.18. The number of amides is 1. The van der Waals surface area contributed by atoms with E-state index in [1.165, 1.54) is 31.0 Å². The summed E-state index contributed by atoms with van der Waals surface area (Å²) in [6.45, 7) is 4.82. The molecule has 0 aromatic carbocycles. The first kappa shape index (κ1) is 24.9. The molecule has 37 heavy (non-hydrogen) atoms. The maximum Gasteiger partial charge on any atom is 0.281 e. The van der Waals surface area contributed by atoms with Gasteiger partial charge in [-0.15, -0.1) is 0 Å². The van der Waals surface area contributed by atoms with Crippen LogP contribution in [0.2, 0.25) is 0 Å². The van der Waals surface area contributed by atoms with Crippen LogP contribution in [0.5, 0.6) is 5.88 Å². The number of nitrogens with two attached hydrogens (primary N) is 1. The van der Waals surface area contributed by atoms with E-state index < -0.39 is 15.9 Å². The van der Waals surface area contributed by atoms with Crippen LogP contribution in [0.25, 0.3) is 11.3 Å². The van der Waals surface area contributed by atoms with Gasteiger partial charge in [0.15, 0.2) is 5.03 Å². The van der Waals surface area contributed by atoms with Crippen molar-refractivity contribution in [3.8, 4) is 17.1 Å². The van der Waals surface area contributed by atoms with Gasteiger partial charge in [0.25, 0.3) is 15.9 Å². The van der Waals surface area contributed by atoms with Crippen LogP contribution in [0, 0.1) is 5.92 Å². The number of nitrogens with zero attached hydrogens (tertiary/aromatic N) is 4. The number of pyridine rings is 3. The monoisotopic (exact) mass is 522 g/mol. The minimum Gasteiger partial charge on any atom is -0.477 e. The number of rotatable bonds is 8. The maximum atomic E-state index is 13.3. The Bertz CT molecular complexity index is 1400. The van der Waals surface area contributed by atoms with Crippen molar-refractivity contribution >= 4 is 27.6 Å². The van der Waals surface area contributed by atoms with E-state index >= 15 is 0 Å². The molecule has 1 aliphatic heterocycles. The zero-order valence-electron chi connectivity index (χ0n) is 20.8. The smallest absolute Gasteiger partial charge is 0.281 e. The highest BCUT2D eigenvalue weighted by molar-refractivity contribution is 7.90. The van der Waals surface area contributed by atoms with Crippen LogP contribution in [0.15, 0.2) is 53.7 Å². The number of hydrogen-bond donors (Lipinski definition) is 2. The number of carbonyl (C=O) groups is 1. The Kier molecular flexibility index (Phi) is 6.72. The van der Waals surface area contributed by atoms with Crippen molar-refractivity contribution in [1.82, 2.24) is 19.7 Å². The molecular formula is C26H30N6O4S. The lowest BCUT2D eigenvalue weighted by Gasteiger charge is -2.29. The van der Waals surface area contributed by atoms with E-state index in [4.69, 9.17) is 15.5 Å². The Labute approximate surface area is 216 Å². The second kappa shape index (κ2) is 9.97. The molecule has 2 fully saturated rings. The topological polar surface area (TPSA) is 140 Å². The van der Waals surface area contributed by atoms with Crippen LogP contribution in [-0.2, 0) is 10.0 Å². The van der Waals surface area contributed by atoms with Gasteiger partial charge in [-0.2, -0.15) is 8.42 Å². The molecule has 0 unspecified atom stereocenters. The standard InChI is InChI=1S/C26H30N6O4S/c1-16-6-7-17(2)32(16)25-20(26(33)31-37(34,35)24-5-3-4-22(27)30-24)11-12-21(29-25)19-10-13-23(28-14-19)36-15-18-8-9-18/h3-5,10-14,16-18H,6-9,15H2,1-2H3,(H2,27,30)(H,31,33)/t16-,17+. The van der Waals surface area contributed by atoms with E-state index in [0.29, 0.717) is 29.9 Å². The summed E-state index contributed by atoms with van der Waals surface area (Å²) < 4.78 is 33.5. The third-order valence-electron chi connectivity index (χ3n) is 6.76. The first-order valence-corrected chi connectivity index (χ1v) is 13.9. The van der Waals surface area contributed by atoms with E-state index in [1.807, 2.05) is 12.1 Å². The third kappa shape index (κ3) is 5.51. The number of nitrogen functional groups attached to an aromatic ring is 1. The molecule has 1 saturated carbocycles. The lowest BCUT2D eigenvalue weighted by Crippen LogP contribution is -2.37. The molecule has 3 aromatic heterocycles. The van der Waals surface area contributed by atoms with Gasteiger partial charge in [0.2, 0.25) is 5.88 Å². The van der Waals surface area contributed by atoms with Crippen molar-refractivity contribution in [2.24, 2.45) is 5.92 Å². The highest BCUT2D eigenvalue weighted by Gasteiger charge is 2.33. The molecule has 2 aliphatic rings. The molecule has 194 valence electrons. The molecule has 10 nitrogen and oxygen atoms in total. The highest BCUT2D eigenvalue weighted by atomic mass is 32.2. The van der Waals surface area contributed by atoms with Gasteiger partial charge < -0.3 is 15.4 Å². The van der Waals surface area contributed by atoms with Gasteiger partial charge in [-0.25, -0.2) is 19.7 Å². The molecule has 4 heterocycles. The number of ether oxygens (including phenoxy) is 1. The van der Waals surface area contributed by atoms with Crippen LogP contribution in [-0.4, -0.2) is 48.0 Å². The Morgan fingerprint density at radius 2 is 1.81 bits per heavy atom. The first-order valence-electron chi connectivity index (χ1n) is 12.4. The fraction of sp³-hybridized carbons (Fsp3) is 0.385. The summed E-state index contributed by atoms with van der Waals surface area (Å²) in [7, 11) is -4.23. The normalized spacial score (nSPS) is 19.6. The minimum absolute atomic E-state index is 0.0410. The lowest BCUT2D eigenvalue weighted by atomic mass is 10.1. The van der Waals surface area contributed by atoms with Gasteiger partial charge in [0, 0.05) is 29.9 Å². The fourth-order valence-corrected chi connectivity index (χ4v) is 5.45. The molecule has 3 aromatic rings. The number of sulfonamides is 1. The highest BCUT2D eigenvalue weighted by Crippen LogP contribution is 2.34. The van der Waals surface area contributed by atoms with E-state index in [1.54, 1.807) is 18.3 Å². The summed E-state index contributed by atoms with van der Waals surface area (Å²) in [6, 6.07) is 11.5. The lowest BCUT2D eigenvalue weighted by molar-refractivity contribution is 0.0981. The Morgan fingerprint density at radius 1 is 1.05 bits per heavy atom. The number of carbonyl (C=O) groups excluding carboxylic acids is 1. The molecule has 1 aliphatic carbocycles. The van der Waals surface area contributed by atoms with Gasteiger partial charge in [0.1, 0.15) is 11.6 Å². The summed E-state index contributed by atoms with van der Waals surface area (Å²) in [6.07, 6.45) is 5.98. The SMILES string of the molecule is C[C@@H]1CC[C@H](C)N1c1nc(-c2ccc(OCC3CC3)nc2)ccc1C(=O)NS(=O)(=O)c1cccc(N)n1. The fourth-order valence-electron chi connectivity index (χ4n) is 4.51. The average Bonchev–Trinajstić information content (AvgIpc) is 3.65. The number of nitrogens with one attached hydrogen (secondary N) is 1. The van der Waals surface area contributed by atoms with Crippen molar-refractivity contribution in [3.05, 3.63) is 54.2 Å². The number of hydrogen-bond acceptors (Lipinski definition) is 9. The summed E-state index contributed by atoms with van der Waals surface area (Å²) >= 11 is 0. The van der Waals surface area contributed by atoms with Gasteiger partial charge in [-0.1, -0.05) is 6.07 Å². The van der Waals surface area contributed by atoms with Crippen LogP contribution >= 0.6 is 0 Å². The zero-order chi connectivity index (χ0) is 26.2. The zero-order valence-corrected chi connectivity index (χ0v) is 21.6. The van der Waals surface area contributed by atoms with E-state index in [0.717, 1.165) is 18.4 Å². The maximum absolute atomic E-state index is 13.3. The molecule has 0 bridgehead atoms. The Balaban J connectivity index is 1.46. The Morgan fingerprint density at radius 3 is 2.46 bits per heavy atom. The van der Waals surface area contributed by atoms with Crippen molar-refractivity contribution in [1.29, 1.82) is 0 Å². The summed E-state index contributed by atoms with van der Waals surface area (Å²) in [5.74, 6) is 0.879. The first-order chi connectivity index (χ1) is 17.7. The largest absolute Gasteiger partial charge is 0.477 e. The molecule has 3 N–H and O–H groups in total.